The summed E-state index contributed by atoms with van der Waals surface area (Å²) in [5.74, 6) is 0. The van der Waals surface area contributed by atoms with E-state index in [2.05, 4.69) is 0 Å². The van der Waals surface area contributed by atoms with Gasteiger partial charge in [-0.2, -0.15) is 13.2 Å². The first-order valence-corrected chi connectivity index (χ1v) is 5.78. The molecule has 1 aromatic carbocycles. The lowest BCUT2D eigenvalue weighted by molar-refractivity contribution is -0.137. The second-order valence-electron chi connectivity index (χ2n) is 4.19. The summed E-state index contributed by atoms with van der Waals surface area (Å²) in [6.07, 6.45) is -4.38. The van der Waals surface area contributed by atoms with E-state index < -0.39 is 11.7 Å². The highest BCUT2D eigenvalue weighted by Gasteiger charge is 2.32. The second kappa shape index (κ2) is 5.08. The number of rotatable bonds is 3. The van der Waals surface area contributed by atoms with Gasteiger partial charge in [-0.25, -0.2) is 4.79 Å². The number of alkyl halides is 3. The summed E-state index contributed by atoms with van der Waals surface area (Å²) in [5.41, 5.74) is -0.312. The largest absolute Gasteiger partial charge is 0.416 e. The van der Waals surface area contributed by atoms with Gasteiger partial charge in [0.1, 0.15) is 0 Å². The molecule has 1 saturated heterocycles. The summed E-state index contributed by atoms with van der Waals surface area (Å²) in [6.45, 7) is 0.965. The molecular weight excluding hydrogens is 261 g/mol. The molecule has 0 radical (unpaired) electrons. The number of nitrogens with zero attached hydrogens (tertiary/aromatic N) is 2. The monoisotopic (exact) mass is 274 g/mol. The summed E-state index contributed by atoms with van der Waals surface area (Å²) < 4.78 is 37.3. The van der Waals surface area contributed by atoms with Gasteiger partial charge in [-0.3, -0.25) is 4.90 Å². The number of hydrogen-bond acceptors (Lipinski definition) is 2. The van der Waals surface area contributed by atoms with Crippen molar-refractivity contribution in [2.45, 2.75) is 6.18 Å². The molecule has 1 fully saturated rings. The van der Waals surface area contributed by atoms with Crippen molar-refractivity contribution in [2.24, 2.45) is 0 Å². The normalized spacial score (nSPS) is 16.3. The number of aliphatic hydroxyl groups excluding tert-OH is 1. The summed E-state index contributed by atoms with van der Waals surface area (Å²) in [6, 6.07) is 4.18. The van der Waals surface area contributed by atoms with Crippen LogP contribution in [-0.4, -0.2) is 42.3 Å². The minimum atomic E-state index is -4.38. The minimum absolute atomic E-state index is 0.132. The van der Waals surface area contributed by atoms with Crippen molar-refractivity contribution >= 4 is 11.7 Å². The van der Waals surface area contributed by atoms with Gasteiger partial charge in [-0.05, 0) is 24.3 Å². The van der Waals surface area contributed by atoms with Crippen LogP contribution in [0.4, 0.5) is 23.7 Å². The molecule has 0 aromatic heterocycles. The lowest BCUT2D eigenvalue weighted by atomic mass is 10.2. The van der Waals surface area contributed by atoms with E-state index in [0.29, 0.717) is 18.8 Å². The third kappa shape index (κ3) is 2.81. The van der Waals surface area contributed by atoms with Gasteiger partial charge in [0.2, 0.25) is 0 Å². The predicted octanol–water partition coefficient (Wildman–Crippen LogP) is 1.94. The number of halogens is 3. The van der Waals surface area contributed by atoms with Crippen molar-refractivity contribution in [1.29, 1.82) is 0 Å². The average Bonchev–Trinajstić information content (AvgIpc) is 2.71. The zero-order valence-corrected chi connectivity index (χ0v) is 10.0. The van der Waals surface area contributed by atoms with E-state index in [1.54, 1.807) is 0 Å². The maximum absolute atomic E-state index is 12.4. The van der Waals surface area contributed by atoms with E-state index in [-0.39, 0.29) is 19.2 Å². The number of carbonyl (C=O) groups excluding carboxylic acids is 1. The summed E-state index contributed by atoms with van der Waals surface area (Å²) in [7, 11) is 0. The Labute approximate surface area is 108 Å². The van der Waals surface area contributed by atoms with Crippen LogP contribution in [0.15, 0.2) is 24.3 Å². The van der Waals surface area contributed by atoms with Crippen molar-refractivity contribution in [3.05, 3.63) is 29.8 Å². The molecule has 104 valence electrons. The Morgan fingerprint density at radius 2 is 1.79 bits per heavy atom. The Morgan fingerprint density at radius 3 is 2.32 bits per heavy atom. The maximum atomic E-state index is 12.4. The van der Waals surface area contributed by atoms with E-state index >= 15 is 0 Å². The van der Waals surface area contributed by atoms with Crippen LogP contribution < -0.4 is 4.90 Å². The van der Waals surface area contributed by atoms with Crippen molar-refractivity contribution in [3.8, 4) is 0 Å². The first-order valence-electron chi connectivity index (χ1n) is 5.78. The Kier molecular flexibility index (Phi) is 3.66. The molecule has 0 saturated carbocycles. The predicted molar refractivity (Wildman–Crippen MR) is 62.8 cm³/mol. The number of urea groups is 1. The highest BCUT2D eigenvalue weighted by molar-refractivity contribution is 5.94. The van der Waals surface area contributed by atoms with Crippen molar-refractivity contribution in [3.63, 3.8) is 0 Å². The van der Waals surface area contributed by atoms with Gasteiger partial charge < -0.3 is 10.0 Å². The number of aliphatic hydroxyl groups is 1. The van der Waals surface area contributed by atoms with E-state index in [1.165, 1.54) is 21.9 Å². The third-order valence-corrected chi connectivity index (χ3v) is 2.97. The Hall–Kier alpha value is -1.76. The molecule has 1 aliphatic rings. The fourth-order valence-electron chi connectivity index (χ4n) is 1.98. The smallest absolute Gasteiger partial charge is 0.395 e. The molecule has 2 rings (SSSR count). The van der Waals surface area contributed by atoms with Gasteiger partial charge in [0.25, 0.3) is 0 Å². The highest BCUT2D eigenvalue weighted by atomic mass is 19.4. The van der Waals surface area contributed by atoms with Crippen molar-refractivity contribution in [2.75, 3.05) is 31.1 Å². The number of hydrogen-bond donors (Lipinski definition) is 1. The van der Waals surface area contributed by atoms with Crippen LogP contribution in [0.3, 0.4) is 0 Å². The van der Waals surface area contributed by atoms with Crippen LogP contribution in [0.1, 0.15) is 5.56 Å². The maximum Gasteiger partial charge on any atom is 0.416 e. The number of anilines is 1. The van der Waals surface area contributed by atoms with E-state index in [4.69, 9.17) is 5.11 Å². The quantitative estimate of drug-likeness (QED) is 0.915. The Morgan fingerprint density at radius 1 is 1.16 bits per heavy atom. The van der Waals surface area contributed by atoms with Gasteiger partial charge in [0.05, 0.1) is 12.2 Å². The molecule has 7 heteroatoms. The SMILES string of the molecule is O=C1N(CCO)CCN1c1ccc(C(F)(F)F)cc1. The van der Waals surface area contributed by atoms with Gasteiger partial charge in [-0.1, -0.05) is 0 Å². The van der Waals surface area contributed by atoms with Crippen LogP contribution in [0.5, 0.6) is 0 Å². The molecule has 0 atom stereocenters. The molecule has 1 N–H and O–H groups in total. The Bertz CT molecular complexity index is 459. The number of β-amino-alcohol motifs (C(OH)–C–C–N with tert-alkyl or cyclic N) is 1. The average molecular weight is 274 g/mol. The van der Waals surface area contributed by atoms with Crippen LogP contribution in [0.2, 0.25) is 0 Å². The summed E-state index contributed by atoms with van der Waals surface area (Å²) in [5, 5.41) is 8.79. The number of benzene rings is 1. The van der Waals surface area contributed by atoms with E-state index in [1.807, 2.05) is 0 Å². The van der Waals surface area contributed by atoms with Crippen LogP contribution >= 0.6 is 0 Å². The summed E-state index contributed by atoms with van der Waals surface area (Å²) in [4.78, 5) is 14.8. The number of carbonyl (C=O) groups is 1. The minimum Gasteiger partial charge on any atom is -0.395 e. The van der Waals surface area contributed by atoms with Gasteiger partial charge in [-0.15, -0.1) is 0 Å². The van der Waals surface area contributed by atoms with E-state index in [0.717, 1.165) is 12.1 Å². The fraction of sp³-hybridized carbons (Fsp3) is 0.417. The molecule has 4 nitrogen and oxygen atoms in total. The van der Waals surface area contributed by atoms with Gasteiger partial charge in [0, 0.05) is 25.3 Å². The molecule has 0 bridgehead atoms. The zero-order chi connectivity index (χ0) is 14.0. The second-order valence-corrected chi connectivity index (χ2v) is 4.19. The first-order chi connectivity index (χ1) is 8.93. The third-order valence-electron chi connectivity index (χ3n) is 2.97. The lowest BCUT2D eigenvalue weighted by Gasteiger charge is -2.18. The molecule has 2 amide bonds. The standard InChI is InChI=1S/C12H13F3N2O2/c13-12(14,15)9-1-3-10(4-2-9)17-6-5-16(7-8-18)11(17)19/h1-4,18H,5-8H2. The van der Waals surface area contributed by atoms with Crippen molar-refractivity contribution < 1.29 is 23.1 Å². The fourth-order valence-corrected chi connectivity index (χ4v) is 1.98. The molecular formula is C12H13F3N2O2. The highest BCUT2D eigenvalue weighted by Crippen LogP contribution is 2.31. The molecule has 1 aromatic rings. The van der Waals surface area contributed by atoms with Crippen molar-refractivity contribution in [1.82, 2.24) is 4.90 Å². The first kappa shape index (κ1) is 13.7. The van der Waals surface area contributed by atoms with E-state index in [9.17, 15) is 18.0 Å². The lowest BCUT2D eigenvalue weighted by Crippen LogP contribution is -2.33. The molecule has 0 unspecified atom stereocenters. The molecule has 19 heavy (non-hydrogen) atoms. The number of amides is 2. The van der Waals surface area contributed by atoms with Crippen LogP contribution in [0, 0.1) is 0 Å². The molecule has 1 heterocycles. The van der Waals surface area contributed by atoms with Crippen LogP contribution in [-0.2, 0) is 6.18 Å². The van der Waals surface area contributed by atoms with Gasteiger partial charge >= 0.3 is 12.2 Å². The molecule has 0 spiro atoms. The van der Waals surface area contributed by atoms with Crippen LogP contribution in [0.25, 0.3) is 0 Å². The topological polar surface area (TPSA) is 43.8 Å². The molecule has 0 aliphatic carbocycles. The van der Waals surface area contributed by atoms with Gasteiger partial charge in [0.15, 0.2) is 0 Å². The summed E-state index contributed by atoms with van der Waals surface area (Å²) >= 11 is 0. The molecule has 1 aliphatic heterocycles. The Balaban J connectivity index is 2.13. The zero-order valence-electron chi connectivity index (χ0n) is 10.0.